The van der Waals surface area contributed by atoms with Gasteiger partial charge in [0.15, 0.2) is 11.5 Å². The zero-order valence-electron chi connectivity index (χ0n) is 12.3. The average Bonchev–Trinajstić information content (AvgIpc) is 2.45. The molecule has 0 bridgehead atoms. The Labute approximate surface area is 120 Å². The number of ether oxygens (including phenoxy) is 2. The first-order valence-corrected chi connectivity index (χ1v) is 7.39. The van der Waals surface area contributed by atoms with Gasteiger partial charge in [-0.1, -0.05) is 19.9 Å². The molecule has 4 nitrogen and oxygen atoms in total. The maximum absolute atomic E-state index is 10.4. The standard InChI is InChI=1S/C16H25NO3/c1-11(2)3-5-14(18)13(10-17)12-4-6-15-16(9-12)20-8-7-19-15/h4,6,9,11,13-14,18H,3,5,7-8,10,17H2,1-2H3. The summed E-state index contributed by atoms with van der Waals surface area (Å²) >= 11 is 0. The minimum Gasteiger partial charge on any atom is -0.486 e. The van der Waals surface area contributed by atoms with Gasteiger partial charge in [0.05, 0.1) is 6.10 Å². The molecule has 0 spiro atoms. The number of aliphatic hydroxyl groups is 1. The molecule has 0 amide bonds. The molecule has 2 unspecified atom stereocenters. The number of hydrogen-bond donors (Lipinski definition) is 2. The lowest BCUT2D eigenvalue weighted by Crippen LogP contribution is -2.26. The highest BCUT2D eigenvalue weighted by molar-refractivity contribution is 5.45. The van der Waals surface area contributed by atoms with Crippen LogP contribution in [0.2, 0.25) is 0 Å². The van der Waals surface area contributed by atoms with Crippen molar-refractivity contribution in [3.05, 3.63) is 23.8 Å². The molecule has 0 radical (unpaired) electrons. The number of nitrogens with two attached hydrogens (primary N) is 1. The molecular weight excluding hydrogens is 254 g/mol. The predicted molar refractivity (Wildman–Crippen MR) is 79.3 cm³/mol. The fraction of sp³-hybridized carbons (Fsp3) is 0.625. The molecule has 0 fully saturated rings. The summed E-state index contributed by atoms with van der Waals surface area (Å²) in [6, 6.07) is 5.83. The Morgan fingerprint density at radius 3 is 2.50 bits per heavy atom. The zero-order valence-corrected chi connectivity index (χ0v) is 12.3. The second-order valence-corrected chi connectivity index (χ2v) is 5.78. The SMILES string of the molecule is CC(C)CCC(O)C(CN)c1ccc2c(c1)OCCO2. The third-order valence-corrected chi connectivity index (χ3v) is 3.75. The summed E-state index contributed by atoms with van der Waals surface area (Å²) in [5.74, 6) is 2.06. The van der Waals surface area contributed by atoms with Crippen LogP contribution in [0.1, 0.15) is 38.2 Å². The Bertz CT molecular complexity index is 434. The van der Waals surface area contributed by atoms with Gasteiger partial charge in [-0.25, -0.2) is 0 Å². The smallest absolute Gasteiger partial charge is 0.161 e. The molecule has 1 aliphatic heterocycles. The van der Waals surface area contributed by atoms with Crippen LogP contribution >= 0.6 is 0 Å². The summed E-state index contributed by atoms with van der Waals surface area (Å²) in [5, 5.41) is 10.4. The Kier molecular flexibility index (Phi) is 5.26. The summed E-state index contributed by atoms with van der Waals surface area (Å²) in [5.41, 5.74) is 6.88. The molecule has 112 valence electrons. The molecule has 3 N–H and O–H groups in total. The van der Waals surface area contributed by atoms with Crippen molar-refractivity contribution < 1.29 is 14.6 Å². The van der Waals surface area contributed by atoms with Gasteiger partial charge in [-0.2, -0.15) is 0 Å². The van der Waals surface area contributed by atoms with E-state index in [1.54, 1.807) is 0 Å². The van der Waals surface area contributed by atoms with E-state index in [0.29, 0.717) is 25.7 Å². The highest BCUT2D eigenvalue weighted by Gasteiger charge is 2.22. The molecule has 0 aromatic heterocycles. The van der Waals surface area contributed by atoms with E-state index < -0.39 is 6.10 Å². The number of fused-ring (bicyclic) bond motifs is 1. The minimum absolute atomic E-state index is 0.0513. The topological polar surface area (TPSA) is 64.7 Å². The van der Waals surface area contributed by atoms with E-state index in [9.17, 15) is 5.11 Å². The number of rotatable bonds is 6. The zero-order chi connectivity index (χ0) is 14.5. The van der Waals surface area contributed by atoms with Crippen molar-refractivity contribution in [3.8, 4) is 11.5 Å². The number of aliphatic hydroxyl groups excluding tert-OH is 1. The van der Waals surface area contributed by atoms with Crippen LogP contribution in [0.15, 0.2) is 18.2 Å². The first-order chi connectivity index (χ1) is 9.61. The van der Waals surface area contributed by atoms with Gasteiger partial charge in [-0.05, 0) is 36.5 Å². The maximum atomic E-state index is 10.4. The summed E-state index contributed by atoms with van der Waals surface area (Å²) in [7, 11) is 0. The van der Waals surface area contributed by atoms with E-state index in [4.69, 9.17) is 15.2 Å². The molecule has 20 heavy (non-hydrogen) atoms. The summed E-state index contributed by atoms with van der Waals surface area (Å²) < 4.78 is 11.1. The van der Waals surface area contributed by atoms with Crippen LogP contribution in [0, 0.1) is 5.92 Å². The highest BCUT2D eigenvalue weighted by Crippen LogP contribution is 2.34. The van der Waals surface area contributed by atoms with E-state index in [1.165, 1.54) is 0 Å². The van der Waals surface area contributed by atoms with Crippen LogP contribution in [0.5, 0.6) is 11.5 Å². The van der Waals surface area contributed by atoms with Gasteiger partial charge >= 0.3 is 0 Å². The molecule has 1 aromatic rings. The van der Waals surface area contributed by atoms with Gasteiger partial charge in [0, 0.05) is 12.5 Å². The van der Waals surface area contributed by atoms with Gasteiger partial charge in [-0.15, -0.1) is 0 Å². The van der Waals surface area contributed by atoms with Crippen LogP contribution in [-0.2, 0) is 0 Å². The van der Waals surface area contributed by atoms with Crippen molar-refractivity contribution in [1.29, 1.82) is 0 Å². The van der Waals surface area contributed by atoms with Crippen LogP contribution in [0.4, 0.5) is 0 Å². The number of hydrogen-bond acceptors (Lipinski definition) is 4. The Balaban J connectivity index is 2.10. The molecule has 1 aromatic carbocycles. The molecule has 2 atom stereocenters. The fourth-order valence-electron chi connectivity index (χ4n) is 2.51. The third-order valence-electron chi connectivity index (χ3n) is 3.75. The van der Waals surface area contributed by atoms with Gasteiger partial charge in [0.2, 0.25) is 0 Å². The summed E-state index contributed by atoms with van der Waals surface area (Å²) in [6.07, 6.45) is 1.36. The third kappa shape index (κ3) is 3.64. The van der Waals surface area contributed by atoms with Crippen LogP contribution < -0.4 is 15.2 Å². The second kappa shape index (κ2) is 6.95. The lowest BCUT2D eigenvalue weighted by molar-refractivity contribution is 0.128. The Hall–Kier alpha value is -1.26. The van der Waals surface area contributed by atoms with Crippen molar-refractivity contribution in [1.82, 2.24) is 0 Å². The minimum atomic E-state index is -0.412. The molecule has 1 heterocycles. The molecule has 2 rings (SSSR count). The van der Waals surface area contributed by atoms with Gasteiger partial charge in [0.1, 0.15) is 13.2 Å². The van der Waals surface area contributed by atoms with E-state index in [1.807, 2.05) is 18.2 Å². The maximum Gasteiger partial charge on any atom is 0.161 e. The van der Waals surface area contributed by atoms with Crippen molar-refractivity contribution in [2.45, 2.75) is 38.7 Å². The molecular formula is C16H25NO3. The number of benzene rings is 1. The van der Waals surface area contributed by atoms with Crippen molar-refractivity contribution >= 4 is 0 Å². The van der Waals surface area contributed by atoms with E-state index >= 15 is 0 Å². The Morgan fingerprint density at radius 2 is 1.85 bits per heavy atom. The predicted octanol–water partition coefficient (Wildman–Crippen LogP) is 2.30. The van der Waals surface area contributed by atoms with Gasteiger partial charge in [-0.3, -0.25) is 0 Å². The fourth-order valence-corrected chi connectivity index (χ4v) is 2.51. The lowest BCUT2D eigenvalue weighted by atomic mass is 9.89. The normalized spacial score (nSPS) is 17.1. The molecule has 0 aliphatic carbocycles. The van der Waals surface area contributed by atoms with Crippen molar-refractivity contribution in [2.75, 3.05) is 19.8 Å². The van der Waals surface area contributed by atoms with Gasteiger partial charge < -0.3 is 20.3 Å². The molecule has 4 heteroatoms. The second-order valence-electron chi connectivity index (χ2n) is 5.78. The summed E-state index contributed by atoms with van der Waals surface area (Å²) in [4.78, 5) is 0. The molecule has 1 aliphatic rings. The van der Waals surface area contributed by atoms with E-state index in [0.717, 1.165) is 29.9 Å². The highest BCUT2D eigenvalue weighted by atomic mass is 16.6. The van der Waals surface area contributed by atoms with Crippen LogP contribution in [0.3, 0.4) is 0 Å². The van der Waals surface area contributed by atoms with E-state index in [-0.39, 0.29) is 5.92 Å². The largest absolute Gasteiger partial charge is 0.486 e. The quantitative estimate of drug-likeness (QED) is 0.838. The van der Waals surface area contributed by atoms with E-state index in [2.05, 4.69) is 13.8 Å². The molecule has 0 saturated carbocycles. The van der Waals surface area contributed by atoms with Crippen LogP contribution in [0.25, 0.3) is 0 Å². The van der Waals surface area contributed by atoms with Crippen molar-refractivity contribution in [3.63, 3.8) is 0 Å². The Morgan fingerprint density at radius 1 is 1.15 bits per heavy atom. The first-order valence-electron chi connectivity index (χ1n) is 7.39. The lowest BCUT2D eigenvalue weighted by Gasteiger charge is -2.25. The van der Waals surface area contributed by atoms with Crippen LogP contribution in [-0.4, -0.2) is 31.0 Å². The first kappa shape index (κ1) is 15.1. The van der Waals surface area contributed by atoms with Gasteiger partial charge in [0.25, 0.3) is 0 Å². The average molecular weight is 279 g/mol. The molecule has 0 saturated heterocycles. The monoisotopic (exact) mass is 279 g/mol. The summed E-state index contributed by atoms with van der Waals surface area (Å²) in [6.45, 7) is 5.91. The van der Waals surface area contributed by atoms with Crippen molar-refractivity contribution in [2.24, 2.45) is 11.7 Å².